The summed E-state index contributed by atoms with van der Waals surface area (Å²) in [6.07, 6.45) is 7.23. The molecule has 1 saturated carbocycles. The van der Waals surface area contributed by atoms with Crippen molar-refractivity contribution < 1.29 is 0 Å². The zero-order valence-electron chi connectivity index (χ0n) is 10.8. The van der Waals surface area contributed by atoms with E-state index >= 15 is 0 Å². The van der Waals surface area contributed by atoms with Crippen molar-refractivity contribution in [3.63, 3.8) is 0 Å². The van der Waals surface area contributed by atoms with E-state index in [1.807, 2.05) is 6.20 Å². The molecule has 1 aliphatic carbocycles. The molecule has 0 bridgehead atoms. The van der Waals surface area contributed by atoms with Crippen molar-refractivity contribution in [1.29, 1.82) is 0 Å². The molecule has 0 aromatic carbocycles. The van der Waals surface area contributed by atoms with Gasteiger partial charge in [0.05, 0.1) is 0 Å². The Kier molecular flexibility index (Phi) is 3.57. The Morgan fingerprint density at radius 1 is 1.44 bits per heavy atom. The first kappa shape index (κ1) is 12.4. The zero-order chi connectivity index (χ0) is 12.5. The maximum absolute atomic E-state index is 4.57. The molecule has 0 radical (unpaired) electrons. The largest absolute Gasteiger partial charge is 0.352 e. The Hall–Kier alpha value is -0.610. The third-order valence-corrected chi connectivity index (χ3v) is 4.75. The molecule has 2 aliphatic rings. The van der Waals surface area contributed by atoms with E-state index in [4.69, 9.17) is 0 Å². The quantitative estimate of drug-likeness (QED) is 0.927. The third-order valence-electron chi connectivity index (χ3n) is 3.92. The van der Waals surface area contributed by atoms with E-state index in [-0.39, 0.29) is 0 Å². The van der Waals surface area contributed by atoms with E-state index in [1.54, 1.807) is 0 Å². The molecular formula is C14H20BrN3. The van der Waals surface area contributed by atoms with Crippen LogP contribution in [-0.4, -0.2) is 30.2 Å². The third kappa shape index (κ3) is 2.69. The molecule has 3 nitrogen and oxygen atoms in total. The van der Waals surface area contributed by atoms with Crippen LogP contribution in [0.25, 0.3) is 0 Å². The van der Waals surface area contributed by atoms with Crippen LogP contribution in [0, 0.1) is 6.92 Å². The van der Waals surface area contributed by atoms with E-state index in [1.165, 1.54) is 31.2 Å². The van der Waals surface area contributed by atoms with Gasteiger partial charge < -0.3 is 10.2 Å². The summed E-state index contributed by atoms with van der Waals surface area (Å²) < 4.78 is 1.10. The van der Waals surface area contributed by atoms with Gasteiger partial charge in [0.15, 0.2) is 0 Å². The minimum atomic E-state index is 0.624. The van der Waals surface area contributed by atoms with E-state index < -0.39 is 0 Å². The molecule has 1 N–H and O–H groups in total. The van der Waals surface area contributed by atoms with Gasteiger partial charge in [-0.05, 0) is 60.2 Å². The molecule has 4 heteroatoms. The fourth-order valence-electron chi connectivity index (χ4n) is 2.62. The summed E-state index contributed by atoms with van der Waals surface area (Å²) in [5.41, 5.74) is 1.26. The van der Waals surface area contributed by atoms with Gasteiger partial charge in [0, 0.05) is 35.8 Å². The number of hydrogen-bond donors (Lipinski definition) is 1. The highest BCUT2D eigenvalue weighted by Crippen LogP contribution is 2.27. The first-order valence-corrected chi connectivity index (χ1v) is 7.65. The van der Waals surface area contributed by atoms with Crippen molar-refractivity contribution in [3.8, 4) is 0 Å². The highest BCUT2D eigenvalue weighted by atomic mass is 79.9. The fourth-order valence-corrected chi connectivity index (χ4v) is 2.84. The van der Waals surface area contributed by atoms with Crippen molar-refractivity contribution in [2.75, 3.05) is 18.0 Å². The average Bonchev–Trinajstić information content (AvgIpc) is 3.08. The van der Waals surface area contributed by atoms with E-state index in [9.17, 15) is 0 Å². The topological polar surface area (TPSA) is 28.2 Å². The van der Waals surface area contributed by atoms with Gasteiger partial charge in [0.2, 0.25) is 0 Å². The number of nitrogens with one attached hydrogen (secondary N) is 1. The van der Waals surface area contributed by atoms with Crippen LogP contribution >= 0.6 is 15.9 Å². The maximum Gasteiger partial charge on any atom is 0.129 e. The predicted octanol–water partition coefficient (Wildman–Crippen LogP) is 2.87. The molecule has 1 aliphatic heterocycles. The summed E-state index contributed by atoms with van der Waals surface area (Å²) in [4.78, 5) is 7.03. The number of nitrogens with zero attached hydrogens (tertiary/aromatic N) is 2. The number of pyridine rings is 1. The summed E-state index contributed by atoms with van der Waals surface area (Å²) in [6.45, 7) is 4.38. The Morgan fingerprint density at radius 2 is 2.28 bits per heavy atom. The maximum atomic E-state index is 4.57. The van der Waals surface area contributed by atoms with E-state index in [2.05, 4.69) is 44.1 Å². The molecule has 0 spiro atoms. The van der Waals surface area contributed by atoms with Crippen LogP contribution < -0.4 is 10.2 Å². The predicted molar refractivity (Wildman–Crippen MR) is 78.1 cm³/mol. The number of hydrogen-bond acceptors (Lipinski definition) is 3. The summed E-state index contributed by atoms with van der Waals surface area (Å²) in [6, 6.07) is 3.62. The number of rotatable bonds is 4. The minimum Gasteiger partial charge on any atom is -0.352 e. The van der Waals surface area contributed by atoms with Crippen LogP contribution in [0.15, 0.2) is 16.7 Å². The average molecular weight is 310 g/mol. The van der Waals surface area contributed by atoms with Gasteiger partial charge in [0.1, 0.15) is 5.82 Å². The van der Waals surface area contributed by atoms with Gasteiger partial charge in [-0.15, -0.1) is 0 Å². The standard InChI is InChI=1S/C14H20BrN3/c1-10-7-14(17-9-13(10)15)18-6-2-3-12(18)8-16-11-4-5-11/h7,9,11-12,16H,2-6,8H2,1H3. The second-order valence-electron chi connectivity index (χ2n) is 5.46. The summed E-state index contributed by atoms with van der Waals surface area (Å²) in [5.74, 6) is 1.13. The van der Waals surface area contributed by atoms with Crippen LogP contribution in [-0.2, 0) is 0 Å². The normalized spacial score (nSPS) is 23.7. The van der Waals surface area contributed by atoms with Gasteiger partial charge in [-0.2, -0.15) is 0 Å². The van der Waals surface area contributed by atoms with Crippen LogP contribution in [0.1, 0.15) is 31.2 Å². The minimum absolute atomic E-state index is 0.624. The van der Waals surface area contributed by atoms with Gasteiger partial charge in [-0.3, -0.25) is 0 Å². The van der Waals surface area contributed by atoms with Crippen molar-refractivity contribution in [3.05, 3.63) is 22.3 Å². The van der Waals surface area contributed by atoms with Gasteiger partial charge in [0.25, 0.3) is 0 Å². The molecule has 1 aromatic rings. The lowest BCUT2D eigenvalue weighted by molar-refractivity contribution is 0.568. The molecule has 1 aromatic heterocycles. The van der Waals surface area contributed by atoms with E-state index in [0.29, 0.717) is 6.04 Å². The highest BCUT2D eigenvalue weighted by molar-refractivity contribution is 9.10. The van der Waals surface area contributed by atoms with Crippen LogP contribution in [0.4, 0.5) is 5.82 Å². The molecule has 1 atom stereocenters. The van der Waals surface area contributed by atoms with Gasteiger partial charge in [-0.25, -0.2) is 4.98 Å². The number of aromatic nitrogens is 1. The molecule has 1 unspecified atom stereocenters. The van der Waals surface area contributed by atoms with Crippen molar-refractivity contribution in [2.45, 2.75) is 44.7 Å². The Bertz CT molecular complexity index is 431. The fraction of sp³-hybridized carbons (Fsp3) is 0.643. The van der Waals surface area contributed by atoms with Crippen LogP contribution in [0.3, 0.4) is 0 Å². The molecule has 2 fully saturated rings. The number of aryl methyl sites for hydroxylation is 1. The summed E-state index contributed by atoms with van der Waals surface area (Å²) >= 11 is 3.52. The second kappa shape index (κ2) is 5.17. The lowest BCUT2D eigenvalue weighted by Gasteiger charge is -2.26. The smallest absolute Gasteiger partial charge is 0.129 e. The second-order valence-corrected chi connectivity index (χ2v) is 6.32. The SMILES string of the molecule is Cc1cc(N2CCCC2CNC2CC2)ncc1Br. The van der Waals surface area contributed by atoms with Gasteiger partial charge >= 0.3 is 0 Å². The molecule has 0 amide bonds. The van der Waals surface area contributed by atoms with Crippen molar-refractivity contribution in [2.24, 2.45) is 0 Å². The number of anilines is 1. The summed E-state index contributed by atoms with van der Waals surface area (Å²) in [5, 5.41) is 3.65. The molecule has 98 valence electrons. The lowest BCUT2D eigenvalue weighted by atomic mass is 10.2. The Balaban J connectivity index is 1.70. The summed E-state index contributed by atoms with van der Waals surface area (Å²) in [7, 11) is 0. The number of halogens is 1. The Labute approximate surface area is 117 Å². The molecule has 3 rings (SSSR count). The molecule has 1 saturated heterocycles. The van der Waals surface area contributed by atoms with Crippen molar-refractivity contribution in [1.82, 2.24) is 10.3 Å². The first-order chi connectivity index (χ1) is 8.74. The lowest BCUT2D eigenvalue weighted by Crippen LogP contribution is -2.39. The van der Waals surface area contributed by atoms with E-state index in [0.717, 1.165) is 29.4 Å². The van der Waals surface area contributed by atoms with Gasteiger partial charge in [-0.1, -0.05) is 0 Å². The van der Waals surface area contributed by atoms with Crippen LogP contribution in [0.2, 0.25) is 0 Å². The zero-order valence-corrected chi connectivity index (χ0v) is 12.4. The highest BCUT2D eigenvalue weighted by Gasteiger charge is 2.28. The Morgan fingerprint density at radius 3 is 3.00 bits per heavy atom. The molecule has 18 heavy (non-hydrogen) atoms. The molecular weight excluding hydrogens is 290 g/mol. The van der Waals surface area contributed by atoms with Crippen LogP contribution in [0.5, 0.6) is 0 Å². The first-order valence-electron chi connectivity index (χ1n) is 6.86. The van der Waals surface area contributed by atoms with Crippen molar-refractivity contribution >= 4 is 21.7 Å². The molecule has 2 heterocycles. The monoisotopic (exact) mass is 309 g/mol.